The maximum Gasteiger partial charge on any atom is 0.152 e. The Morgan fingerprint density at radius 1 is 1.18 bits per heavy atom. The van der Waals surface area contributed by atoms with E-state index in [1.165, 1.54) is 0 Å². The molecule has 1 saturated heterocycles. The van der Waals surface area contributed by atoms with E-state index in [-0.39, 0.29) is 11.5 Å². The molecule has 1 fully saturated rings. The molecule has 2 heterocycles. The highest BCUT2D eigenvalue weighted by Crippen LogP contribution is 2.17. The molecule has 118 valence electrons. The van der Waals surface area contributed by atoms with Crippen LogP contribution in [-0.4, -0.2) is 54.6 Å². The smallest absolute Gasteiger partial charge is 0.152 e. The van der Waals surface area contributed by atoms with E-state index in [1.807, 2.05) is 35.0 Å². The van der Waals surface area contributed by atoms with Gasteiger partial charge >= 0.3 is 0 Å². The van der Waals surface area contributed by atoms with Gasteiger partial charge in [0.15, 0.2) is 9.84 Å². The predicted molar refractivity (Wildman–Crippen MR) is 84.0 cm³/mol. The number of ether oxygens (including phenoxy) is 1. The number of hydrogen-bond donors (Lipinski definition) is 0. The highest BCUT2D eigenvalue weighted by atomic mass is 32.2. The van der Waals surface area contributed by atoms with Gasteiger partial charge in [0, 0.05) is 31.2 Å². The Balaban J connectivity index is 1.74. The second-order valence-electron chi connectivity index (χ2n) is 5.34. The van der Waals surface area contributed by atoms with Crippen molar-refractivity contribution in [2.45, 2.75) is 6.54 Å². The van der Waals surface area contributed by atoms with Crippen LogP contribution in [0.2, 0.25) is 0 Å². The molecular weight excluding hydrogens is 302 g/mol. The molecule has 0 bridgehead atoms. The van der Waals surface area contributed by atoms with E-state index in [0.717, 1.165) is 17.3 Å². The predicted octanol–water partition coefficient (Wildman–Crippen LogP) is 1.11. The van der Waals surface area contributed by atoms with Crippen molar-refractivity contribution in [3.63, 3.8) is 0 Å². The standard InChI is InChI=1S/C15H19N3O3S/c1-21-14-4-2-13(3-5-14)18-7-6-16-15(18)12-17-8-10-22(19,20)11-9-17/h2-7H,8-12H2,1H3. The van der Waals surface area contributed by atoms with Crippen molar-refractivity contribution in [1.29, 1.82) is 0 Å². The molecule has 7 heteroatoms. The van der Waals surface area contributed by atoms with Crippen molar-refractivity contribution in [2.24, 2.45) is 0 Å². The summed E-state index contributed by atoms with van der Waals surface area (Å²) in [4.78, 5) is 6.53. The Hall–Kier alpha value is -1.86. The molecule has 0 saturated carbocycles. The Bertz CT molecular complexity index is 724. The lowest BCUT2D eigenvalue weighted by molar-refractivity contribution is 0.279. The molecule has 6 nitrogen and oxygen atoms in total. The van der Waals surface area contributed by atoms with Crippen molar-refractivity contribution in [1.82, 2.24) is 14.5 Å². The molecule has 1 aromatic carbocycles. The number of sulfone groups is 1. The third kappa shape index (κ3) is 3.31. The Labute approximate surface area is 130 Å². The minimum Gasteiger partial charge on any atom is -0.497 e. The molecule has 2 aromatic rings. The topological polar surface area (TPSA) is 64.4 Å². The van der Waals surface area contributed by atoms with Crippen LogP contribution in [0, 0.1) is 0 Å². The summed E-state index contributed by atoms with van der Waals surface area (Å²) in [7, 11) is -1.21. The van der Waals surface area contributed by atoms with Crippen molar-refractivity contribution in [3.05, 3.63) is 42.5 Å². The lowest BCUT2D eigenvalue weighted by Crippen LogP contribution is -2.40. The van der Waals surface area contributed by atoms with Crippen LogP contribution in [0.4, 0.5) is 0 Å². The van der Waals surface area contributed by atoms with Crippen LogP contribution in [-0.2, 0) is 16.4 Å². The Kier molecular flexibility index (Phi) is 4.17. The van der Waals surface area contributed by atoms with Crippen molar-refractivity contribution in [3.8, 4) is 11.4 Å². The molecule has 0 aliphatic carbocycles. The van der Waals surface area contributed by atoms with E-state index in [0.29, 0.717) is 19.6 Å². The normalized spacial score (nSPS) is 18.2. The molecule has 1 aromatic heterocycles. The van der Waals surface area contributed by atoms with Crippen molar-refractivity contribution < 1.29 is 13.2 Å². The third-order valence-electron chi connectivity index (χ3n) is 3.87. The van der Waals surface area contributed by atoms with E-state index in [9.17, 15) is 8.42 Å². The zero-order valence-corrected chi connectivity index (χ0v) is 13.3. The van der Waals surface area contributed by atoms with E-state index in [2.05, 4.69) is 9.88 Å². The average Bonchev–Trinajstić information content (AvgIpc) is 2.98. The Morgan fingerprint density at radius 3 is 2.50 bits per heavy atom. The van der Waals surface area contributed by atoms with E-state index >= 15 is 0 Å². The molecule has 1 aliphatic rings. The van der Waals surface area contributed by atoms with Gasteiger partial charge in [0.2, 0.25) is 0 Å². The van der Waals surface area contributed by atoms with Gasteiger partial charge in [0.05, 0.1) is 25.2 Å². The lowest BCUT2D eigenvalue weighted by atomic mass is 10.3. The summed E-state index contributed by atoms with van der Waals surface area (Å²) in [6.45, 7) is 1.78. The quantitative estimate of drug-likeness (QED) is 0.844. The van der Waals surface area contributed by atoms with Gasteiger partial charge in [-0.1, -0.05) is 0 Å². The Morgan fingerprint density at radius 2 is 1.86 bits per heavy atom. The van der Waals surface area contributed by atoms with Crippen LogP contribution >= 0.6 is 0 Å². The fourth-order valence-electron chi connectivity index (χ4n) is 2.54. The van der Waals surface area contributed by atoms with Gasteiger partial charge < -0.3 is 9.30 Å². The van der Waals surface area contributed by atoms with E-state index in [1.54, 1.807) is 13.3 Å². The fraction of sp³-hybridized carbons (Fsp3) is 0.400. The first-order valence-electron chi connectivity index (χ1n) is 7.17. The maximum atomic E-state index is 11.5. The van der Waals surface area contributed by atoms with Gasteiger partial charge in [-0.15, -0.1) is 0 Å². The van der Waals surface area contributed by atoms with Crippen LogP contribution in [0.1, 0.15) is 5.82 Å². The van der Waals surface area contributed by atoms with Gasteiger partial charge in [-0.3, -0.25) is 4.90 Å². The zero-order valence-electron chi connectivity index (χ0n) is 12.5. The molecule has 0 spiro atoms. The number of imidazole rings is 1. The highest BCUT2D eigenvalue weighted by molar-refractivity contribution is 7.91. The molecule has 0 atom stereocenters. The minimum absolute atomic E-state index is 0.232. The summed E-state index contributed by atoms with van der Waals surface area (Å²) in [6.07, 6.45) is 3.68. The molecule has 0 N–H and O–H groups in total. The first-order chi connectivity index (χ1) is 10.6. The summed E-state index contributed by atoms with van der Waals surface area (Å²) in [5, 5.41) is 0. The number of rotatable bonds is 4. The zero-order chi connectivity index (χ0) is 15.6. The molecule has 22 heavy (non-hydrogen) atoms. The second kappa shape index (κ2) is 6.10. The van der Waals surface area contributed by atoms with Gasteiger partial charge in [0.25, 0.3) is 0 Å². The van der Waals surface area contributed by atoms with Gasteiger partial charge in [-0.2, -0.15) is 0 Å². The van der Waals surface area contributed by atoms with Crippen LogP contribution in [0.25, 0.3) is 5.69 Å². The van der Waals surface area contributed by atoms with Gasteiger partial charge in [0.1, 0.15) is 11.6 Å². The molecule has 1 aliphatic heterocycles. The molecular formula is C15H19N3O3S. The maximum absolute atomic E-state index is 11.5. The highest BCUT2D eigenvalue weighted by Gasteiger charge is 2.22. The molecule has 3 rings (SSSR count). The van der Waals surface area contributed by atoms with Crippen LogP contribution in [0.5, 0.6) is 5.75 Å². The summed E-state index contributed by atoms with van der Waals surface area (Å²) in [5.74, 6) is 2.18. The average molecular weight is 321 g/mol. The van der Waals surface area contributed by atoms with Gasteiger partial charge in [-0.05, 0) is 24.3 Å². The number of hydrogen-bond acceptors (Lipinski definition) is 5. The van der Waals surface area contributed by atoms with E-state index in [4.69, 9.17) is 4.74 Å². The summed E-state index contributed by atoms with van der Waals surface area (Å²) < 4.78 is 30.2. The van der Waals surface area contributed by atoms with Crippen molar-refractivity contribution in [2.75, 3.05) is 31.7 Å². The lowest BCUT2D eigenvalue weighted by Gasteiger charge is -2.26. The first-order valence-corrected chi connectivity index (χ1v) is 8.99. The summed E-state index contributed by atoms with van der Waals surface area (Å²) in [6, 6.07) is 7.77. The minimum atomic E-state index is -2.85. The first kappa shape index (κ1) is 15.1. The molecule has 0 amide bonds. The number of benzene rings is 1. The van der Waals surface area contributed by atoms with Gasteiger partial charge in [-0.25, -0.2) is 13.4 Å². The number of aromatic nitrogens is 2. The largest absolute Gasteiger partial charge is 0.497 e. The molecule has 0 unspecified atom stereocenters. The SMILES string of the molecule is COc1ccc(-n2ccnc2CN2CCS(=O)(=O)CC2)cc1. The third-order valence-corrected chi connectivity index (χ3v) is 5.48. The monoisotopic (exact) mass is 321 g/mol. The summed E-state index contributed by atoms with van der Waals surface area (Å²) in [5.41, 5.74) is 1.01. The second-order valence-corrected chi connectivity index (χ2v) is 7.64. The van der Waals surface area contributed by atoms with E-state index < -0.39 is 9.84 Å². The summed E-state index contributed by atoms with van der Waals surface area (Å²) >= 11 is 0. The van der Waals surface area contributed by atoms with Crippen LogP contribution in [0.3, 0.4) is 0 Å². The van der Waals surface area contributed by atoms with Crippen molar-refractivity contribution >= 4 is 9.84 Å². The molecule has 0 radical (unpaired) electrons. The number of nitrogens with zero attached hydrogens (tertiary/aromatic N) is 3. The van der Waals surface area contributed by atoms with Crippen LogP contribution in [0.15, 0.2) is 36.7 Å². The van der Waals surface area contributed by atoms with Crippen LogP contribution < -0.4 is 4.74 Å². The fourth-order valence-corrected chi connectivity index (χ4v) is 3.81. The number of methoxy groups -OCH3 is 1.